The van der Waals surface area contributed by atoms with Crippen molar-refractivity contribution in [2.24, 2.45) is 0 Å². The van der Waals surface area contributed by atoms with Crippen molar-refractivity contribution in [2.45, 2.75) is 283 Å². The molecule has 0 rings (SSSR count). The Bertz CT molecular complexity index is 1190. The largest absolute Gasteiger partial charge is 0.477 e. The normalized spacial score (nSPS) is 13.0. The predicted molar refractivity (Wildman–Crippen MR) is 285 cm³/mol. The number of hydrogen-bond acceptors (Lipinski definition) is 6. The molecular formula is C59H110NO7+. The first kappa shape index (κ1) is 64.5. The molecule has 8 nitrogen and oxygen atoms in total. The quantitative estimate of drug-likeness (QED) is 0.0281. The van der Waals surface area contributed by atoms with Crippen molar-refractivity contribution in [1.82, 2.24) is 0 Å². The fraction of sp³-hybridized carbons (Fsp3) is 0.847. The van der Waals surface area contributed by atoms with Crippen LogP contribution in [0.25, 0.3) is 0 Å². The monoisotopic (exact) mass is 945 g/mol. The third kappa shape index (κ3) is 48.4. The Hall–Kier alpha value is -2.45. The van der Waals surface area contributed by atoms with E-state index in [2.05, 4.69) is 50.3 Å². The van der Waals surface area contributed by atoms with E-state index in [1.54, 1.807) is 0 Å². The summed E-state index contributed by atoms with van der Waals surface area (Å²) < 4.78 is 17.4. The second-order valence-electron chi connectivity index (χ2n) is 20.5. The molecule has 0 saturated carbocycles. The van der Waals surface area contributed by atoms with E-state index in [1.165, 1.54) is 180 Å². The fourth-order valence-electron chi connectivity index (χ4n) is 8.70. The van der Waals surface area contributed by atoms with Crippen molar-refractivity contribution < 1.29 is 38.2 Å². The van der Waals surface area contributed by atoms with Crippen molar-refractivity contribution in [1.29, 1.82) is 0 Å². The average Bonchev–Trinajstić information content (AvgIpc) is 3.29. The molecule has 0 aliphatic carbocycles. The molecular weight excluding hydrogens is 835 g/mol. The molecule has 1 N–H and O–H groups in total. The summed E-state index contributed by atoms with van der Waals surface area (Å²) in [6.07, 6.45) is 60.6. The van der Waals surface area contributed by atoms with Gasteiger partial charge in [0, 0.05) is 19.3 Å². The van der Waals surface area contributed by atoms with Crippen molar-refractivity contribution in [3.8, 4) is 0 Å². The second-order valence-corrected chi connectivity index (χ2v) is 20.5. The van der Waals surface area contributed by atoms with Gasteiger partial charge in [0.05, 0.1) is 34.4 Å². The third-order valence-electron chi connectivity index (χ3n) is 13.1. The molecule has 2 unspecified atom stereocenters. The summed E-state index contributed by atoms with van der Waals surface area (Å²) in [6, 6.07) is -0.614. The number of rotatable bonds is 52. The van der Waals surface area contributed by atoms with Gasteiger partial charge in [-0.25, -0.2) is 4.79 Å². The van der Waals surface area contributed by atoms with Crippen LogP contribution < -0.4 is 0 Å². The number of allylic oxidation sites excluding steroid dienone is 6. The van der Waals surface area contributed by atoms with Gasteiger partial charge in [-0.1, -0.05) is 243 Å². The highest BCUT2D eigenvalue weighted by atomic mass is 16.6. The van der Waals surface area contributed by atoms with E-state index in [9.17, 15) is 19.5 Å². The molecule has 67 heavy (non-hydrogen) atoms. The molecule has 0 aliphatic heterocycles. The number of likely N-dealkylation sites (N-methyl/N-ethyl adjacent to an activating group) is 1. The number of ether oxygens (including phenoxy) is 3. The standard InChI is InChI=1S/C59H109NO7/c1-6-8-10-12-14-16-18-20-22-24-26-28-29-30-32-34-36-38-40-42-44-46-48-50-58(62)67-55(53-65-52-51-56(59(63)64)60(3,4)5)54-66-57(61)49-47-45-43-41-39-37-35-33-31-27-25-23-21-19-17-15-13-11-9-7-2/h9,11,15,17,21,23,55-56H,6-8,10,12-14,16,18-20,22,24-54H2,1-5H3/p+1/b11-9+,17-15+,23-21+. The lowest BCUT2D eigenvalue weighted by atomic mass is 10.0. The van der Waals surface area contributed by atoms with Crippen LogP contribution in [-0.2, 0) is 28.6 Å². The Morgan fingerprint density at radius 2 is 0.836 bits per heavy atom. The third-order valence-corrected chi connectivity index (χ3v) is 13.1. The molecule has 0 aliphatic rings. The molecule has 8 heteroatoms. The van der Waals surface area contributed by atoms with E-state index in [0.29, 0.717) is 19.3 Å². The molecule has 0 aromatic heterocycles. The van der Waals surface area contributed by atoms with Gasteiger partial charge in [-0.15, -0.1) is 0 Å². The Labute approximate surface area is 414 Å². The van der Waals surface area contributed by atoms with Crippen LogP contribution in [0.15, 0.2) is 36.5 Å². The number of aliphatic carboxylic acids is 1. The molecule has 0 bridgehead atoms. The van der Waals surface area contributed by atoms with Crippen LogP contribution in [0.4, 0.5) is 0 Å². The number of nitrogens with zero attached hydrogens (tertiary/aromatic N) is 1. The number of esters is 2. The summed E-state index contributed by atoms with van der Waals surface area (Å²) in [5, 5.41) is 9.68. The van der Waals surface area contributed by atoms with Gasteiger partial charge in [-0.05, 0) is 44.9 Å². The van der Waals surface area contributed by atoms with Gasteiger partial charge >= 0.3 is 17.9 Å². The highest BCUT2D eigenvalue weighted by molar-refractivity contribution is 5.72. The molecule has 392 valence electrons. The summed E-state index contributed by atoms with van der Waals surface area (Å²) in [5.41, 5.74) is 0. The first-order valence-corrected chi connectivity index (χ1v) is 28.5. The first-order chi connectivity index (χ1) is 32.6. The van der Waals surface area contributed by atoms with Crippen LogP contribution in [0, 0.1) is 0 Å². The highest BCUT2D eigenvalue weighted by Gasteiger charge is 2.31. The number of carboxylic acids is 1. The minimum atomic E-state index is -0.872. The summed E-state index contributed by atoms with van der Waals surface area (Å²) in [7, 11) is 5.55. The lowest BCUT2D eigenvalue weighted by molar-refractivity contribution is -0.887. The lowest BCUT2D eigenvalue weighted by Crippen LogP contribution is -2.50. The van der Waals surface area contributed by atoms with Gasteiger partial charge in [-0.3, -0.25) is 9.59 Å². The van der Waals surface area contributed by atoms with E-state index in [0.717, 1.165) is 57.8 Å². The Balaban J connectivity index is 4.14. The maximum Gasteiger partial charge on any atom is 0.362 e. The number of quaternary nitrogens is 1. The SMILES string of the molecule is CC/C=C/C/C=C/C/C=C/CCCCCCCCCCCCC(=O)OCC(COCCC(C(=O)O)[N+](C)(C)C)OC(=O)CCCCCCCCCCCCCCCCCCCCCCCCC. The van der Waals surface area contributed by atoms with Gasteiger partial charge in [-0.2, -0.15) is 0 Å². The van der Waals surface area contributed by atoms with Gasteiger partial charge in [0.25, 0.3) is 0 Å². The van der Waals surface area contributed by atoms with Crippen LogP contribution in [0.5, 0.6) is 0 Å². The topological polar surface area (TPSA) is 99.1 Å². The average molecular weight is 946 g/mol. The van der Waals surface area contributed by atoms with Gasteiger partial charge in [0.2, 0.25) is 0 Å². The molecule has 0 fully saturated rings. The molecule has 0 radical (unpaired) electrons. The van der Waals surface area contributed by atoms with E-state index in [4.69, 9.17) is 14.2 Å². The van der Waals surface area contributed by atoms with Crippen LogP contribution in [0.3, 0.4) is 0 Å². The highest BCUT2D eigenvalue weighted by Crippen LogP contribution is 2.17. The number of unbranched alkanes of at least 4 members (excludes halogenated alkanes) is 32. The zero-order valence-corrected chi connectivity index (χ0v) is 44.9. The minimum Gasteiger partial charge on any atom is -0.477 e. The predicted octanol–water partition coefficient (Wildman–Crippen LogP) is 16.9. The minimum absolute atomic E-state index is 0.0491. The summed E-state index contributed by atoms with van der Waals surface area (Å²) in [6.45, 7) is 4.68. The van der Waals surface area contributed by atoms with Crippen LogP contribution in [0.1, 0.15) is 271 Å². The summed E-state index contributed by atoms with van der Waals surface area (Å²) in [5.74, 6) is -1.45. The molecule has 0 heterocycles. The van der Waals surface area contributed by atoms with Gasteiger partial charge in [0.15, 0.2) is 12.1 Å². The molecule has 0 aromatic rings. The number of hydrogen-bond donors (Lipinski definition) is 1. The van der Waals surface area contributed by atoms with Crippen LogP contribution in [0.2, 0.25) is 0 Å². The van der Waals surface area contributed by atoms with E-state index >= 15 is 0 Å². The van der Waals surface area contributed by atoms with E-state index < -0.39 is 18.1 Å². The molecule has 0 spiro atoms. The second kappa shape index (κ2) is 50.0. The van der Waals surface area contributed by atoms with Gasteiger partial charge in [0.1, 0.15) is 6.61 Å². The number of carbonyl (C=O) groups excluding carboxylic acids is 2. The zero-order chi connectivity index (χ0) is 49.2. The van der Waals surface area contributed by atoms with E-state index in [-0.39, 0.29) is 36.2 Å². The van der Waals surface area contributed by atoms with E-state index in [1.807, 2.05) is 21.1 Å². The molecule has 0 saturated heterocycles. The molecule has 0 aromatic carbocycles. The summed E-state index contributed by atoms with van der Waals surface area (Å²) in [4.78, 5) is 37.3. The molecule has 2 atom stereocenters. The fourth-order valence-corrected chi connectivity index (χ4v) is 8.70. The van der Waals surface area contributed by atoms with Crippen LogP contribution >= 0.6 is 0 Å². The lowest BCUT2D eigenvalue weighted by Gasteiger charge is -2.31. The maximum absolute atomic E-state index is 12.8. The van der Waals surface area contributed by atoms with Crippen molar-refractivity contribution in [3.05, 3.63) is 36.5 Å². The van der Waals surface area contributed by atoms with Gasteiger partial charge < -0.3 is 23.8 Å². The first-order valence-electron chi connectivity index (χ1n) is 28.5. The van der Waals surface area contributed by atoms with Crippen molar-refractivity contribution in [3.63, 3.8) is 0 Å². The summed E-state index contributed by atoms with van der Waals surface area (Å²) >= 11 is 0. The number of carbonyl (C=O) groups is 3. The Morgan fingerprint density at radius 3 is 1.24 bits per heavy atom. The Morgan fingerprint density at radius 1 is 0.463 bits per heavy atom. The maximum atomic E-state index is 12.8. The molecule has 0 amide bonds. The Kier molecular flexibility index (Phi) is 48.1. The number of carboxylic acid groups (broad SMARTS) is 1. The smallest absolute Gasteiger partial charge is 0.362 e. The van der Waals surface area contributed by atoms with Crippen molar-refractivity contribution >= 4 is 17.9 Å². The van der Waals surface area contributed by atoms with Crippen molar-refractivity contribution in [2.75, 3.05) is 41.0 Å². The zero-order valence-electron chi connectivity index (χ0n) is 44.9. The van der Waals surface area contributed by atoms with Crippen LogP contribution in [-0.4, -0.2) is 80.6 Å².